The molecule has 2 aliphatic rings. The number of carbonyl (C=O) groups is 1. The molecule has 3 rings (SSSR count). The zero-order valence-corrected chi connectivity index (χ0v) is 12.5. The summed E-state index contributed by atoms with van der Waals surface area (Å²) in [6.07, 6.45) is 3.33. The molecule has 1 aliphatic heterocycles. The summed E-state index contributed by atoms with van der Waals surface area (Å²) in [7, 11) is 0. The Balaban J connectivity index is 1.56. The van der Waals surface area contributed by atoms with Crippen LogP contribution in [0.3, 0.4) is 0 Å². The molecule has 1 unspecified atom stereocenters. The molecule has 1 N–H and O–H groups in total. The molecule has 18 heavy (non-hydrogen) atoms. The molecular weight excluding hydrogens is 310 g/mol. The van der Waals surface area contributed by atoms with E-state index < -0.39 is 0 Å². The van der Waals surface area contributed by atoms with Crippen LogP contribution in [0, 0.1) is 5.41 Å². The summed E-state index contributed by atoms with van der Waals surface area (Å²) in [6.45, 7) is 0.824. The molecule has 1 heterocycles. The van der Waals surface area contributed by atoms with Gasteiger partial charge in [-0.25, -0.2) is 0 Å². The second-order valence-corrected chi connectivity index (χ2v) is 7.08. The lowest BCUT2D eigenvalue weighted by Gasteiger charge is -2.15. The Morgan fingerprint density at radius 1 is 1.44 bits per heavy atom. The lowest BCUT2D eigenvalue weighted by atomic mass is 10.1. The molecule has 1 saturated carbocycles. The SMILES string of the molecule is O=C(NCC1(CBr)CC1)C1Cc2ccccc2S1. The van der Waals surface area contributed by atoms with Crippen LogP contribution >= 0.6 is 27.7 Å². The number of hydrogen-bond donors (Lipinski definition) is 1. The highest BCUT2D eigenvalue weighted by Crippen LogP contribution is 2.46. The van der Waals surface area contributed by atoms with Crippen molar-refractivity contribution in [3.8, 4) is 0 Å². The first-order valence-corrected chi connectivity index (χ1v) is 8.31. The summed E-state index contributed by atoms with van der Waals surface area (Å²) >= 11 is 5.23. The second kappa shape index (κ2) is 4.89. The minimum Gasteiger partial charge on any atom is -0.355 e. The molecule has 0 spiro atoms. The largest absolute Gasteiger partial charge is 0.355 e. The Bertz CT molecular complexity index is 448. The van der Waals surface area contributed by atoms with Gasteiger partial charge in [0.1, 0.15) is 0 Å². The van der Waals surface area contributed by atoms with Gasteiger partial charge in [0, 0.05) is 16.8 Å². The maximum atomic E-state index is 12.2. The van der Waals surface area contributed by atoms with Gasteiger partial charge in [-0.05, 0) is 36.3 Å². The van der Waals surface area contributed by atoms with Crippen molar-refractivity contribution in [1.29, 1.82) is 0 Å². The lowest BCUT2D eigenvalue weighted by Crippen LogP contribution is -2.37. The molecule has 0 saturated heterocycles. The lowest BCUT2D eigenvalue weighted by molar-refractivity contribution is -0.120. The summed E-state index contributed by atoms with van der Waals surface area (Å²) in [4.78, 5) is 13.4. The molecule has 1 aliphatic carbocycles. The van der Waals surface area contributed by atoms with Crippen molar-refractivity contribution < 1.29 is 4.79 Å². The van der Waals surface area contributed by atoms with Crippen LogP contribution in [-0.2, 0) is 11.2 Å². The number of hydrogen-bond acceptors (Lipinski definition) is 2. The van der Waals surface area contributed by atoms with Gasteiger partial charge >= 0.3 is 0 Å². The quantitative estimate of drug-likeness (QED) is 0.862. The minimum atomic E-state index is 0.0634. The Morgan fingerprint density at radius 2 is 2.22 bits per heavy atom. The summed E-state index contributed by atoms with van der Waals surface area (Å²) in [5, 5.41) is 4.19. The van der Waals surface area contributed by atoms with E-state index in [1.807, 2.05) is 12.1 Å². The maximum absolute atomic E-state index is 12.2. The highest BCUT2D eigenvalue weighted by molar-refractivity contribution is 9.09. The van der Waals surface area contributed by atoms with Crippen LogP contribution in [0.4, 0.5) is 0 Å². The number of carbonyl (C=O) groups excluding carboxylic acids is 1. The molecule has 1 atom stereocenters. The van der Waals surface area contributed by atoms with E-state index in [1.165, 1.54) is 23.3 Å². The van der Waals surface area contributed by atoms with E-state index in [1.54, 1.807) is 11.8 Å². The molecule has 0 radical (unpaired) electrons. The standard InChI is InChI=1S/C14H16BrNOS/c15-8-14(5-6-14)9-16-13(17)12-7-10-3-1-2-4-11(10)18-12/h1-4,12H,5-9H2,(H,16,17). The van der Waals surface area contributed by atoms with Crippen LogP contribution < -0.4 is 5.32 Å². The van der Waals surface area contributed by atoms with Gasteiger partial charge in [0.15, 0.2) is 0 Å². The van der Waals surface area contributed by atoms with Gasteiger partial charge in [0.2, 0.25) is 5.91 Å². The van der Waals surface area contributed by atoms with Crippen molar-refractivity contribution in [3.05, 3.63) is 29.8 Å². The fraction of sp³-hybridized carbons (Fsp3) is 0.500. The number of amides is 1. The second-order valence-electron chi connectivity index (χ2n) is 5.27. The topological polar surface area (TPSA) is 29.1 Å². The van der Waals surface area contributed by atoms with Gasteiger partial charge in [-0.3, -0.25) is 4.79 Å². The number of thioether (sulfide) groups is 1. The van der Waals surface area contributed by atoms with Crippen molar-refractivity contribution in [3.63, 3.8) is 0 Å². The summed E-state index contributed by atoms with van der Waals surface area (Å²) in [5.74, 6) is 0.198. The highest BCUT2D eigenvalue weighted by atomic mass is 79.9. The molecule has 96 valence electrons. The van der Waals surface area contributed by atoms with Gasteiger partial charge in [-0.1, -0.05) is 34.1 Å². The number of nitrogens with one attached hydrogen (secondary N) is 1. The maximum Gasteiger partial charge on any atom is 0.233 e. The highest BCUT2D eigenvalue weighted by Gasteiger charge is 2.42. The van der Waals surface area contributed by atoms with Crippen LogP contribution in [0.25, 0.3) is 0 Å². The molecule has 2 nitrogen and oxygen atoms in total. The number of alkyl halides is 1. The first kappa shape index (κ1) is 12.5. The molecule has 1 amide bonds. The third kappa shape index (κ3) is 2.45. The Kier molecular flexibility index (Phi) is 3.41. The molecule has 0 bridgehead atoms. The van der Waals surface area contributed by atoms with E-state index in [9.17, 15) is 4.79 Å². The molecule has 4 heteroatoms. The van der Waals surface area contributed by atoms with E-state index in [0.29, 0.717) is 5.41 Å². The summed E-state index contributed by atoms with van der Waals surface area (Å²) in [6, 6.07) is 8.31. The van der Waals surface area contributed by atoms with Gasteiger partial charge in [-0.15, -0.1) is 11.8 Å². The van der Waals surface area contributed by atoms with Crippen molar-refractivity contribution in [2.75, 3.05) is 11.9 Å². The first-order chi connectivity index (χ1) is 8.72. The first-order valence-electron chi connectivity index (χ1n) is 6.31. The van der Waals surface area contributed by atoms with Gasteiger partial charge < -0.3 is 5.32 Å². The fourth-order valence-corrected chi connectivity index (χ4v) is 4.23. The van der Waals surface area contributed by atoms with Gasteiger partial charge in [-0.2, -0.15) is 0 Å². The van der Waals surface area contributed by atoms with E-state index in [2.05, 4.69) is 33.4 Å². The van der Waals surface area contributed by atoms with E-state index in [4.69, 9.17) is 0 Å². The van der Waals surface area contributed by atoms with Gasteiger partial charge in [0.25, 0.3) is 0 Å². The normalized spacial score (nSPS) is 23.5. The summed E-state index contributed by atoms with van der Waals surface area (Å²) in [5.41, 5.74) is 1.66. The summed E-state index contributed by atoms with van der Waals surface area (Å²) < 4.78 is 0. The molecule has 1 fully saturated rings. The third-order valence-electron chi connectivity index (χ3n) is 3.82. The van der Waals surface area contributed by atoms with Crippen molar-refractivity contribution >= 4 is 33.6 Å². The zero-order chi connectivity index (χ0) is 12.6. The van der Waals surface area contributed by atoms with E-state index >= 15 is 0 Å². The predicted molar refractivity (Wildman–Crippen MR) is 78.3 cm³/mol. The molecule has 1 aromatic rings. The molecule has 0 aromatic heterocycles. The van der Waals surface area contributed by atoms with Crippen molar-refractivity contribution in [2.24, 2.45) is 5.41 Å². The van der Waals surface area contributed by atoms with E-state index in [-0.39, 0.29) is 11.2 Å². The Labute approximate surface area is 120 Å². The predicted octanol–water partition coefficient (Wildman–Crippen LogP) is 2.99. The number of rotatable bonds is 4. The zero-order valence-electron chi connectivity index (χ0n) is 10.1. The molecular formula is C14H16BrNOS. The van der Waals surface area contributed by atoms with Crippen molar-refractivity contribution in [1.82, 2.24) is 5.32 Å². The van der Waals surface area contributed by atoms with E-state index in [0.717, 1.165) is 18.3 Å². The molecule has 1 aromatic carbocycles. The van der Waals surface area contributed by atoms with Crippen LogP contribution in [0.15, 0.2) is 29.2 Å². The number of fused-ring (bicyclic) bond motifs is 1. The van der Waals surface area contributed by atoms with Crippen LogP contribution in [0.5, 0.6) is 0 Å². The average Bonchev–Trinajstić information content (AvgIpc) is 3.05. The number of benzene rings is 1. The van der Waals surface area contributed by atoms with Gasteiger partial charge in [0.05, 0.1) is 5.25 Å². The van der Waals surface area contributed by atoms with Crippen LogP contribution in [-0.4, -0.2) is 23.0 Å². The number of halogens is 1. The average molecular weight is 326 g/mol. The fourth-order valence-electron chi connectivity index (χ4n) is 2.25. The minimum absolute atomic E-state index is 0.0634. The van der Waals surface area contributed by atoms with Crippen LogP contribution in [0.1, 0.15) is 18.4 Å². The smallest absolute Gasteiger partial charge is 0.233 e. The Morgan fingerprint density at radius 3 is 2.89 bits per heavy atom. The van der Waals surface area contributed by atoms with Crippen LogP contribution in [0.2, 0.25) is 0 Å². The van der Waals surface area contributed by atoms with Crippen molar-refractivity contribution in [2.45, 2.75) is 29.4 Å². The monoisotopic (exact) mass is 325 g/mol. The third-order valence-corrected chi connectivity index (χ3v) is 6.32. The Hall–Kier alpha value is -0.480.